The lowest BCUT2D eigenvalue weighted by molar-refractivity contribution is -0.133. The molecule has 0 amide bonds. The second-order valence-electron chi connectivity index (χ2n) is 2.69. The molecule has 1 aromatic carbocycles. The van der Waals surface area contributed by atoms with Crippen molar-refractivity contribution < 1.29 is 14.7 Å². The molecule has 2 rings (SSSR count). The number of hydrogen-bond donors (Lipinski definition) is 1. The van der Waals surface area contributed by atoms with E-state index in [0.29, 0.717) is 17.0 Å². The van der Waals surface area contributed by atoms with E-state index in [1.807, 2.05) is 0 Å². The Hall–Kier alpha value is -1.84. The highest BCUT2D eigenvalue weighted by molar-refractivity contribution is 6.13. The molecule has 66 valence electrons. The van der Waals surface area contributed by atoms with Crippen LogP contribution in [0.15, 0.2) is 29.4 Å². The lowest BCUT2D eigenvalue weighted by Crippen LogP contribution is -2.21. The Morgan fingerprint density at radius 3 is 2.92 bits per heavy atom. The lowest BCUT2D eigenvalue weighted by Gasteiger charge is -2.15. The maximum Gasteiger partial charge on any atom is 0.317 e. The molecule has 0 spiro atoms. The molecular weight excluding hydrogens is 170 g/mol. The summed E-state index contributed by atoms with van der Waals surface area (Å²) in [7, 11) is 0. The fourth-order valence-corrected chi connectivity index (χ4v) is 1.27. The van der Waals surface area contributed by atoms with Crippen molar-refractivity contribution >= 4 is 11.7 Å². The van der Waals surface area contributed by atoms with Crippen LogP contribution in [-0.4, -0.2) is 16.9 Å². The highest BCUT2D eigenvalue weighted by atomic mass is 16.5. The molecule has 1 aromatic rings. The third-order valence-corrected chi connectivity index (χ3v) is 1.85. The third kappa shape index (κ3) is 1.26. The number of nitrogens with zero attached hydrogens (tertiary/aromatic N) is 1. The largest absolute Gasteiger partial charge is 0.426 e. The van der Waals surface area contributed by atoms with Crippen LogP contribution in [0.4, 0.5) is 0 Å². The molecule has 0 saturated carbocycles. The minimum absolute atomic E-state index is 0.0213. The SMILES string of the molecule is O=C1C/C(=N\O)c2ccccc2O1. The summed E-state index contributed by atoms with van der Waals surface area (Å²) in [6.45, 7) is 0. The molecule has 4 heteroatoms. The molecule has 0 atom stereocenters. The van der Waals surface area contributed by atoms with Gasteiger partial charge in [0.15, 0.2) is 0 Å². The first-order valence-corrected chi connectivity index (χ1v) is 3.82. The van der Waals surface area contributed by atoms with Crippen LogP contribution in [0.1, 0.15) is 12.0 Å². The number of carbonyl (C=O) groups is 1. The van der Waals surface area contributed by atoms with Crippen LogP contribution in [0.25, 0.3) is 0 Å². The Kier molecular flexibility index (Phi) is 1.73. The number of esters is 1. The maximum absolute atomic E-state index is 11.0. The van der Waals surface area contributed by atoms with E-state index in [9.17, 15) is 4.79 Å². The summed E-state index contributed by atoms with van der Waals surface area (Å²) in [5.41, 5.74) is 1.02. The van der Waals surface area contributed by atoms with Crippen LogP contribution in [0.5, 0.6) is 5.75 Å². The first-order chi connectivity index (χ1) is 6.31. The third-order valence-electron chi connectivity index (χ3n) is 1.85. The highest BCUT2D eigenvalue weighted by Crippen LogP contribution is 2.24. The average molecular weight is 177 g/mol. The van der Waals surface area contributed by atoms with Gasteiger partial charge in [-0.05, 0) is 12.1 Å². The van der Waals surface area contributed by atoms with Crippen LogP contribution in [-0.2, 0) is 4.79 Å². The summed E-state index contributed by atoms with van der Waals surface area (Å²) in [5, 5.41) is 11.7. The van der Waals surface area contributed by atoms with Gasteiger partial charge in [0, 0.05) is 5.56 Å². The van der Waals surface area contributed by atoms with E-state index in [-0.39, 0.29) is 6.42 Å². The quantitative estimate of drug-likeness (QED) is 0.280. The Morgan fingerprint density at radius 1 is 1.38 bits per heavy atom. The van der Waals surface area contributed by atoms with Crippen LogP contribution >= 0.6 is 0 Å². The summed E-state index contributed by atoms with van der Waals surface area (Å²) in [6.07, 6.45) is 0.0213. The van der Waals surface area contributed by atoms with Gasteiger partial charge in [-0.1, -0.05) is 17.3 Å². The fourth-order valence-electron chi connectivity index (χ4n) is 1.27. The first-order valence-electron chi connectivity index (χ1n) is 3.82. The van der Waals surface area contributed by atoms with Gasteiger partial charge in [-0.25, -0.2) is 0 Å². The zero-order valence-electron chi connectivity index (χ0n) is 6.73. The van der Waals surface area contributed by atoms with Gasteiger partial charge in [-0.3, -0.25) is 4.79 Å². The van der Waals surface area contributed by atoms with Gasteiger partial charge in [0.1, 0.15) is 11.5 Å². The molecule has 1 N–H and O–H groups in total. The summed E-state index contributed by atoms with van der Waals surface area (Å²) < 4.78 is 4.93. The van der Waals surface area contributed by atoms with Crippen molar-refractivity contribution in [2.75, 3.05) is 0 Å². The van der Waals surface area contributed by atoms with E-state index >= 15 is 0 Å². The molecule has 1 aliphatic rings. The van der Waals surface area contributed by atoms with Crippen LogP contribution in [0.3, 0.4) is 0 Å². The Morgan fingerprint density at radius 2 is 2.15 bits per heavy atom. The molecule has 0 aromatic heterocycles. The zero-order valence-corrected chi connectivity index (χ0v) is 6.73. The zero-order chi connectivity index (χ0) is 9.26. The number of ether oxygens (including phenoxy) is 1. The van der Waals surface area contributed by atoms with Crippen molar-refractivity contribution in [1.82, 2.24) is 0 Å². The smallest absolute Gasteiger partial charge is 0.317 e. The minimum atomic E-state index is -0.397. The predicted octanol–water partition coefficient (Wildman–Crippen LogP) is 1.17. The number of para-hydroxylation sites is 1. The molecule has 1 aliphatic heterocycles. The van der Waals surface area contributed by atoms with E-state index in [0.717, 1.165) is 0 Å². The van der Waals surface area contributed by atoms with Crippen molar-refractivity contribution in [3.63, 3.8) is 0 Å². The molecule has 0 bridgehead atoms. The van der Waals surface area contributed by atoms with Gasteiger partial charge in [-0.15, -0.1) is 0 Å². The van der Waals surface area contributed by atoms with Crippen molar-refractivity contribution in [2.24, 2.45) is 5.16 Å². The number of carbonyl (C=O) groups excluding carboxylic acids is 1. The van der Waals surface area contributed by atoms with Gasteiger partial charge in [0.05, 0.1) is 6.42 Å². The number of oxime groups is 1. The maximum atomic E-state index is 11.0. The van der Waals surface area contributed by atoms with E-state index < -0.39 is 5.97 Å². The number of rotatable bonds is 0. The number of hydrogen-bond acceptors (Lipinski definition) is 4. The predicted molar refractivity (Wildman–Crippen MR) is 45.0 cm³/mol. The molecule has 13 heavy (non-hydrogen) atoms. The van der Waals surface area contributed by atoms with E-state index in [2.05, 4.69) is 5.16 Å². The number of benzene rings is 1. The summed E-state index contributed by atoms with van der Waals surface area (Å²) in [4.78, 5) is 11.0. The van der Waals surface area contributed by atoms with Crippen LogP contribution < -0.4 is 4.74 Å². The molecule has 0 aliphatic carbocycles. The Labute approximate surface area is 74.4 Å². The average Bonchev–Trinajstić information content (AvgIpc) is 2.16. The summed E-state index contributed by atoms with van der Waals surface area (Å²) in [5.74, 6) is 0.0538. The highest BCUT2D eigenvalue weighted by Gasteiger charge is 2.22. The molecule has 0 unspecified atom stereocenters. The van der Waals surface area contributed by atoms with E-state index in [1.165, 1.54) is 0 Å². The monoisotopic (exact) mass is 177 g/mol. The molecule has 1 heterocycles. The Balaban J connectivity index is 2.55. The van der Waals surface area contributed by atoms with Crippen molar-refractivity contribution in [3.05, 3.63) is 29.8 Å². The van der Waals surface area contributed by atoms with Crippen LogP contribution in [0.2, 0.25) is 0 Å². The Bertz CT molecular complexity index is 384. The van der Waals surface area contributed by atoms with Gasteiger partial charge in [0.25, 0.3) is 0 Å². The fraction of sp³-hybridized carbons (Fsp3) is 0.111. The van der Waals surface area contributed by atoms with Crippen molar-refractivity contribution in [2.45, 2.75) is 6.42 Å². The lowest BCUT2D eigenvalue weighted by atomic mass is 10.0. The van der Waals surface area contributed by atoms with Crippen molar-refractivity contribution in [1.29, 1.82) is 0 Å². The van der Waals surface area contributed by atoms with Crippen molar-refractivity contribution in [3.8, 4) is 5.75 Å². The second-order valence-corrected chi connectivity index (χ2v) is 2.69. The number of fused-ring (bicyclic) bond motifs is 1. The van der Waals surface area contributed by atoms with Gasteiger partial charge >= 0.3 is 5.97 Å². The van der Waals surface area contributed by atoms with E-state index in [4.69, 9.17) is 9.94 Å². The standard InChI is InChI=1S/C9H7NO3/c11-9-5-7(10-12)6-3-1-2-4-8(6)13-9/h1-4,12H,5H2/b10-7+. The topological polar surface area (TPSA) is 58.9 Å². The molecule has 0 radical (unpaired) electrons. The molecule has 0 fully saturated rings. The second kappa shape index (κ2) is 2.90. The first kappa shape index (κ1) is 7.79. The van der Waals surface area contributed by atoms with Gasteiger partial charge < -0.3 is 9.94 Å². The van der Waals surface area contributed by atoms with Crippen LogP contribution in [0, 0.1) is 0 Å². The van der Waals surface area contributed by atoms with Gasteiger partial charge in [-0.2, -0.15) is 0 Å². The summed E-state index contributed by atoms with van der Waals surface area (Å²) >= 11 is 0. The van der Waals surface area contributed by atoms with E-state index in [1.54, 1.807) is 24.3 Å². The molecule has 0 saturated heterocycles. The molecule has 4 nitrogen and oxygen atoms in total. The molecular formula is C9H7NO3. The summed E-state index contributed by atoms with van der Waals surface area (Å²) in [6, 6.07) is 6.96. The normalized spacial score (nSPS) is 18.2. The minimum Gasteiger partial charge on any atom is -0.426 e. The van der Waals surface area contributed by atoms with Gasteiger partial charge in [0.2, 0.25) is 0 Å².